The Morgan fingerprint density at radius 2 is 1.68 bits per heavy atom. The Bertz CT molecular complexity index is 1460. The Hall–Kier alpha value is -3.98. The van der Waals surface area contributed by atoms with Gasteiger partial charge in [0, 0.05) is 6.92 Å². The highest BCUT2D eigenvalue weighted by Gasteiger charge is 2.33. The molecule has 2 aromatic carbocycles. The second kappa shape index (κ2) is 9.48. The monoisotopic (exact) mass is 478 g/mol. The van der Waals surface area contributed by atoms with Crippen molar-refractivity contribution in [2.45, 2.75) is 19.9 Å². The zero-order valence-electron chi connectivity index (χ0n) is 19.0. The Balaban J connectivity index is 1.86. The maximum absolute atomic E-state index is 13.5. The van der Waals surface area contributed by atoms with Gasteiger partial charge in [-0.1, -0.05) is 35.6 Å². The van der Waals surface area contributed by atoms with Gasteiger partial charge in [0.15, 0.2) is 4.80 Å². The van der Waals surface area contributed by atoms with Crippen LogP contribution in [-0.4, -0.2) is 30.7 Å². The lowest BCUT2D eigenvalue weighted by Crippen LogP contribution is -2.39. The van der Waals surface area contributed by atoms with Crippen LogP contribution >= 0.6 is 11.3 Å². The largest absolute Gasteiger partial charge is 0.497 e. The maximum atomic E-state index is 13.5. The van der Waals surface area contributed by atoms with E-state index in [1.165, 1.54) is 29.9 Å². The highest BCUT2D eigenvalue weighted by Crippen LogP contribution is 2.31. The molecule has 0 amide bonds. The smallest absolute Gasteiger partial charge is 0.338 e. The first-order chi connectivity index (χ1) is 16.3. The molecule has 1 aliphatic heterocycles. The van der Waals surface area contributed by atoms with Crippen LogP contribution in [-0.2, 0) is 14.3 Å². The third kappa shape index (κ3) is 4.42. The molecular formula is C25H22N2O6S. The highest BCUT2D eigenvalue weighted by molar-refractivity contribution is 7.07. The van der Waals surface area contributed by atoms with Crippen LogP contribution < -0.4 is 24.4 Å². The van der Waals surface area contributed by atoms with E-state index >= 15 is 0 Å². The number of aromatic nitrogens is 1. The van der Waals surface area contributed by atoms with Crippen molar-refractivity contribution in [1.29, 1.82) is 0 Å². The van der Waals surface area contributed by atoms with Crippen molar-refractivity contribution in [1.82, 2.24) is 4.57 Å². The van der Waals surface area contributed by atoms with Gasteiger partial charge in [-0.3, -0.25) is 14.2 Å². The molecule has 3 aromatic rings. The van der Waals surface area contributed by atoms with Gasteiger partial charge < -0.3 is 14.2 Å². The summed E-state index contributed by atoms with van der Waals surface area (Å²) in [6.07, 6.45) is 1.74. The number of ether oxygens (including phenoxy) is 3. The lowest BCUT2D eigenvalue weighted by atomic mass is 9.96. The van der Waals surface area contributed by atoms with E-state index in [9.17, 15) is 14.4 Å². The number of methoxy groups -OCH3 is 2. The Labute approximate surface area is 199 Å². The minimum atomic E-state index is -0.692. The molecule has 0 spiro atoms. The fourth-order valence-corrected chi connectivity index (χ4v) is 4.79. The van der Waals surface area contributed by atoms with E-state index in [0.29, 0.717) is 32.1 Å². The molecule has 2 heterocycles. The van der Waals surface area contributed by atoms with Gasteiger partial charge in [-0.15, -0.1) is 0 Å². The molecule has 0 saturated carbocycles. The fourth-order valence-electron chi connectivity index (χ4n) is 3.74. The van der Waals surface area contributed by atoms with Crippen molar-refractivity contribution in [2.24, 2.45) is 4.99 Å². The Kier molecular flexibility index (Phi) is 6.47. The van der Waals surface area contributed by atoms with E-state index < -0.39 is 18.0 Å². The normalized spacial score (nSPS) is 15.4. The number of benzene rings is 2. The number of thiazole rings is 1. The minimum Gasteiger partial charge on any atom is -0.497 e. The van der Waals surface area contributed by atoms with E-state index in [0.717, 1.165) is 11.1 Å². The number of hydrogen-bond acceptors (Lipinski definition) is 8. The number of carbonyl (C=O) groups is 2. The minimum absolute atomic E-state index is 0.275. The second-order valence-corrected chi connectivity index (χ2v) is 8.52. The van der Waals surface area contributed by atoms with Crippen molar-refractivity contribution in [3.8, 4) is 11.5 Å². The SMILES string of the molecule is COC(=O)C1=C(C)N=c2s/c(=C/c3ccc(OC(C)=O)cc3)c(=O)n2C1c1ccc(OC)cc1. The lowest BCUT2D eigenvalue weighted by Gasteiger charge is -2.24. The molecule has 4 rings (SSSR count). The summed E-state index contributed by atoms with van der Waals surface area (Å²) in [6.45, 7) is 3.06. The molecule has 1 aromatic heterocycles. The predicted octanol–water partition coefficient (Wildman–Crippen LogP) is 2.34. The van der Waals surface area contributed by atoms with Crippen LogP contribution in [0.2, 0.25) is 0 Å². The van der Waals surface area contributed by atoms with Crippen LogP contribution in [0.5, 0.6) is 11.5 Å². The Morgan fingerprint density at radius 1 is 1.03 bits per heavy atom. The summed E-state index contributed by atoms with van der Waals surface area (Å²) in [4.78, 5) is 42.3. The standard InChI is InChI=1S/C25H22N2O6S/c1-14-21(24(30)32-4)22(17-7-11-18(31-3)12-8-17)27-23(29)20(34-25(27)26-14)13-16-5-9-19(10-6-16)33-15(2)28/h5-13,22H,1-4H3/b20-13+. The topological polar surface area (TPSA) is 96.2 Å². The van der Waals surface area contributed by atoms with Crippen molar-refractivity contribution >= 4 is 29.4 Å². The highest BCUT2D eigenvalue weighted by atomic mass is 32.1. The number of esters is 2. The zero-order chi connectivity index (χ0) is 24.4. The summed E-state index contributed by atoms with van der Waals surface area (Å²) in [6, 6.07) is 13.3. The maximum Gasteiger partial charge on any atom is 0.338 e. The van der Waals surface area contributed by atoms with Gasteiger partial charge in [0.2, 0.25) is 0 Å². The van der Waals surface area contributed by atoms with Gasteiger partial charge in [0.05, 0.1) is 36.1 Å². The third-order valence-electron chi connectivity index (χ3n) is 5.30. The first kappa shape index (κ1) is 23.2. The van der Waals surface area contributed by atoms with Gasteiger partial charge in [-0.2, -0.15) is 0 Å². The molecule has 0 fully saturated rings. The van der Waals surface area contributed by atoms with E-state index in [1.807, 2.05) is 12.1 Å². The van der Waals surface area contributed by atoms with Crippen LogP contribution in [0.15, 0.2) is 69.6 Å². The summed E-state index contributed by atoms with van der Waals surface area (Å²) in [5.41, 5.74) is 2.01. The summed E-state index contributed by atoms with van der Waals surface area (Å²) in [5, 5.41) is 0. The number of allylic oxidation sites excluding steroid dienone is 1. The summed E-state index contributed by atoms with van der Waals surface area (Å²) >= 11 is 1.23. The van der Waals surface area contributed by atoms with Gasteiger partial charge in [0.25, 0.3) is 5.56 Å². The average Bonchev–Trinajstić information content (AvgIpc) is 3.13. The number of rotatable bonds is 5. The van der Waals surface area contributed by atoms with Crippen LogP contribution in [0.25, 0.3) is 6.08 Å². The quantitative estimate of drug-likeness (QED) is 0.413. The predicted molar refractivity (Wildman–Crippen MR) is 127 cm³/mol. The zero-order valence-corrected chi connectivity index (χ0v) is 19.8. The molecular weight excluding hydrogens is 456 g/mol. The number of hydrogen-bond donors (Lipinski definition) is 0. The summed E-state index contributed by atoms with van der Waals surface area (Å²) < 4.78 is 17.3. The van der Waals surface area contributed by atoms with Crippen molar-refractivity contribution in [3.05, 3.63) is 90.6 Å². The number of nitrogens with zero attached hydrogens (tertiary/aromatic N) is 2. The summed E-state index contributed by atoms with van der Waals surface area (Å²) in [7, 11) is 2.87. The molecule has 0 saturated heterocycles. The van der Waals surface area contributed by atoms with E-state index in [1.54, 1.807) is 56.5 Å². The van der Waals surface area contributed by atoms with Gasteiger partial charge in [0.1, 0.15) is 11.5 Å². The van der Waals surface area contributed by atoms with Crippen molar-refractivity contribution < 1.29 is 23.8 Å². The first-order valence-corrected chi connectivity index (χ1v) is 11.2. The van der Waals surface area contributed by atoms with Crippen LogP contribution in [0.1, 0.15) is 31.0 Å². The van der Waals surface area contributed by atoms with Gasteiger partial charge in [-0.05, 0) is 48.4 Å². The molecule has 0 radical (unpaired) electrons. The first-order valence-electron chi connectivity index (χ1n) is 10.4. The fraction of sp³-hybridized carbons (Fsp3) is 0.200. The van der Waals surface area contributed by atoms with E-state index in [2.05, 4.69) is 4.99 Å². The Morgan fingerprint density at radius 3 is 2.26 bits per heavy atom. The number of carbonyl (C=O) groups excluding carboxylic acids is 2. The van der Waals surface area contributed by atoms with Crippen molar-refractivity contribution in [3.63, 3.8) is 0 Å². The number of fused-ring (bicyclic) bond motifs is 1. The molecule has 9 heteroatoms. The van der Waals surface area contributed by atoms with Crippen LogP contribution in [0.3, 0.4) is 0 Å². The van der Waals surface area contributed by atoms with Gasteiger partial charge in [-0.25, -0.2) is 9.79 Å². The van der Waals surface area contributed by atoms with Crippen LogP contribution in [0.4, 0.5) is 0 Å². The third-order valence-corrected chi connectivity index (χ3v) is 6.28. The molecule has 0 aliphatic carbocycles. The van der Waals surface area contributed by atoms with Crippen molar-refractivity contribution in [2.75, 3.05) is 14.2 Å². The molecule has 1 unspecified atom stereocenters. The molecule has 1 aliphatic rings. The molecule has 1 atom stereocenters. The average molecular weight is 479 g/mol. The molecule has 0 N–H and O–H groups in total. The molecule has 8 nitrogen and oxygen atoms in total. The lowest BCUT2D eigenvalue weighted by molar-refractivity contribution is -0.136. The summed E-state index contributed by atoms with van der Waals surface area (Å²) in [5.74, 6) is 0.131. The molecule has 174 valence electrons. The van der Waals surface area contributed by atoms with E-state index in [-0.39, 0.29) is 5.56 Å². The van der Waals surface area contributed by atoms with Crippen LogP contribution in [0, 0.1) is 0 Å². The molecule has 0 bridgehead atoms. The second-order valence-electron chi connectivity index (χ2n) is 7.51. The van der Waals surface area contributed by atoms with E-state index in [4.69, 9.17) is 14.2 Å². The molecule has 34 heavy (non-hydrogen) atoms. The van der Waals surface area contributed by atoms with Gasteiger partial charge >= 0.3 is 11.9 Å².